The van der Waals surface area contributed by atoms with Gasteiger partial charge in [0.2, 0.25) is 0 Å². The third kappa shape index (κ3) is 4.86. The fourth-order valence-electron chi connectivity index (χ4n) is 2.48. The van der Waals surface area contributed by atoms with Crippen molar-refractivity contribution in [1.82, 2.24) is 10.4 Å². The fraction of sp³-hybridized carbons (Fsp3) is 0.0952. The molecule has 1 amide bonds. The zero-order valence-corrected chi connectivity index (χ0v) is 16.1. The lowest BCUT2D eigenvalue weighted by atomic mass is 10.1. The van der Waals surface area contributed by atoms with E-state index in [9.17, 15) is 4.79 Å². The van der Waals surface area contributed by atoms with Crippen molar-refractivity contribution in [3.8, 4) is 22.8 Å². The standard InChI is InChI=1S/C21H18ClN3O3/c1-27-18-9-14(10-19(12-18)28-2)13-24-25-21(26)16-7-8-23-20(11-16)15-3-5-17(22)6-4-15/h3-13H,1-2H3,(H,25,26)/b24-13+. The van der Waals surface area contributed by atoms with Crippen LogP contribution in [0.25, 0.3) is 11.3 Å². The van der Waals surface area contributed by atoms with Crippen LogP contribution < -0.4 is 14.9 Å². The van der Waals surface area contributed by atoms with Crippen molar-refractivity contribution in [2.45, 2.75) is 0 Å². The van der Waals surface area contributed by atoms with E-state index in [1.807, 2.05) is 12.1 Å². The fourth-order valence-corrected chi connectivity index (χ4v) is 2.61. The molecule has 1 N–H and O–H groups in total. The average Bonchev–Trinajstić information content (AvgIpc) is 2.74. The van der Waals surface area contributed by atoms with E-state index in [1.165, 1.54) is 6.21 Å². The summed E-state index contributed by atoms with van der Waals surface area (Å²) in [4.78, 5) is 16.7. The number of pyridine rings is 1. The van der Waals surface area contributed by atoms with E-state index in [4.69, 9.17) is 21.1 Å². The zero-order chi connectivity index (χ0) is 19.9. The molecule has 0 aliphatic heterocycles. The van der Waals surface area contributed by atoms with E-state index >= 15 is 0 Å². The quantitative estimate of drug-likeness (QED) is 0.502. The highest BCUT2D eigenvalue weighted by Crippen LogP contribution is 2.22. The van der Waals surface area contributed by atoms with Gasteiger partial charge in [-0.05, 0) is 36.4 Å². The number of hydrogen-bond donors (Lipinski definition) is 1. The van der Waals surface area contributed by atoms with E-state index in [0.29, 0.717) is 27.8 Å². The minimum Gasteiger partial charge on any atom is -0.497 e. The van der Waals surface area contributed by atoms with Crippen molar-refractivity contribution in [3.05, 3.63) is 76.9 Å². The van der Waals surface area contributed by atoms with Crippen LogP contribution in [0.15, 0.2) is 65.9 Å². The molecule has 0 spiro atoms. The Kier molecular flexibility index (Phi) is 6.24. The van der Waals surface area contributed by atoms with Gasteiger partial charge in [0.25, 0.3) is 5.91 Å². The molecule has 2 aromatic carbocycles. The summed E-state index contributed by atoms with van der Waals surface area (Å²) in [6.07, 6.45) is 3.10. The molecule has 0 aliphatic carbocycles. The molecule has 0 atom stereocenters. The summed E-state index contributed by atoms with van der Waals surface area (Å²) in [5.74, 6) is 0.923. The number of aromatic nitrogens is 1. The van der Waals surface area contributed by atoms with Gasteiger partial charge in [-0.2, -0.15) is 5.10 Å². The number of rotatable bonds is 6. The van der Waals surface area contributed by atoms with Crippen molar-refractivity contribution >= 4 is 23.7 Å². The predicted molar refractivity (Wildman–Crippen MR) is 109 cm³/mol. The number of carbonyl (C=O) groups excluding carboxylic acids is 1. The molecular weight excluding hydrogens is 378 g/mol. The number of benzene rings is 2. The van der Waals surface area contributed by atoms with Gasteiger partial charge in [0, 0.05) is 34.0 Å². The lowest BCUT2D eigenvalue weighted by Crippen LogP contribution is -2.17. The highest BCUT2D eigenvalue weighted by molar-refractivity contribution is 6.30. The van der Waals surface area contributed by atoms with Crippen LogP contribution in [0.3, 0.4) is 0 Å². The average molecular weight is 396 g/mol. The molecule has 0 aliphatic rings. The SMILES string of the molecule is COc1cc(/C=N/NC(=O)c2ccnc(-c3ccc(Cl)cc3)c2)cc(OC)c1. The monoisotopic (exact) mass is 395 g/mol. The molecule has 1 heterocycles. The summed E-state index contributed by atoms with van der Waals surface area (Å²) in [6, 6.07) is 15.9. The Morgan fingerprint density at radius 2 is 1.71 bits per heavy atom. The maximum Gasteiger partial charge on any atom is 0.271 e. The summed E-state index contributed by atoms with van der Waals surface area (Å²) in [5.41, 5.74) is 5.22. The minimum atomic E-state index is -0.344. The summed E-state index contributed by atoms with van der Waals surface area (Å²) in [6.45, 7) is 0. The summed E-state index contributed by atoms with van der Waals surface area (Å²) >= 11 is 5.91. The molecule has 0 radical (unpaired) electrons. The van der Waals surface area contributed by atoms with Crippen molar-refractivity contribution in [3.63, 3.8) is 0 Å². The molecule has 0 bridgehead atoms. The minimum absolute atomic E-state index is 0.344. The maximum atomic E-state index is 12.4. The van der Waals surface area contributed by atoms with Gasteiger partial charge in [-0.15, -0.1) is 0 Å². The number of methoxy groups -OCH3 is 2. The van der Waals surface area contributed by atoms with Crippen LogP contribution in [0, 0.1) is 0 Å². The van der Waals surface area contributed by atoms with Crippen LogP contribution >= 0.6 is 11.6 Å². The Labute approximate surface area is 167 Å². The number of carbonyl (C=O) groups is 1. The van der Waals surface area contributed by atoms with Crippen LogP contribution in [0.2, 0.25) is 5.02 Å². The number of hydrazone groups is 1. The van der Waals surface area contributed by atoms with Crippen molar-refractivity contribution in [2.24, 2.45) is 5.10 Å². The Hall–Kier alpha value is -3.38. The lowest BCUT2D eigenvalue weighted by molar-refractivity contribution is 0.0955. The highest BCUT2D eigenvalue weighted by atomic mass is 35.5. The molecule has 1 aromatic heterocycles. The van der Waals surface area contributed by atoms with Crippen LogP contribution in [0.1, 0.15) is 15.9 Å². The third-order valence-corrected chi connectivity index (χ3v) is 4.17. The van der Waals surface area contributed by atoms with E-state index in [1.54, 1.807) is 62.9 Å². The smallest absolute Gasteiger partial charge is 0.271 e. The molecule has 6 nitrogen and oxygen atoms in total. The molecule has 28 heavy (non-hydrogen) atoms. The van der Waals surface area contributed by atoms with E-state index in [-0.39, 0.29) is 5.91 Å². The van der Waals surface area contributed by atoms with Gasteiger partial charge in [0.1, 0.15) is 11.5 Å². The lowest BCUT2D eigenvalue weighted by Gasteiger charge is -2.06. The van der Waals surface area contributed by atoms with Gasteiger partial charge in [-0.3, -0.25) is 9.78 Å². The molecule has 0 saturated carbocycles. The van der Waals surface area contributed by atoms with E-state index in [0.717, 1.165) is 11.1 Å². The van der Waals surface area contributed by atoms with Gasteiger partial charge >= 0.3 is 0 Å². The normalized spacial score (nSPS) is 10.7. The van der Waals surface area contributed by atoms with Gasteiger partial charge in [-0.25, -0.2) is 5.43 Å². The number of halogens is 1. The Morgan fingerprint density at radius 3 is 2.36 bits per heavy atom. The molecule has 142 valence electrons. The predicted octanol–water partition coefficient (Wildman–Crippen LogP) is 4.18. The Balaban J connectivity index is 1.72. The molecule has 3 aromatic rings. The van der Waals surface area contributed by atoms with Crippen LogP contribution in [0.4, 0.5) is 0 Å². The maximum absolute atomic E-state index is 12.4. The first-order valence-corrected chi connectivity index (χ1v) is 8.75. The Morgan fingerprint density at radius 1 is 1.04 bits per heavy atom. The van der Waals surface area contributed by atoms with Gasteiger partial charge < -0.3 is 9.47 Å². The topological polar surface area (TPSA) is 72.8 Å². The molecular formula is C21H18ClN3O3. The summed E-state index contributed by atoms with van der Waals surface area (Å²) < 4.78 is 10.4. The Bertz CT molecular complexity index is 982. The van der Waals surface area contributed by atoms with Gasteiger partial charge in [0.05, 0.1) is 26.1 Å². The van der Waals surface area contributed by atoms with Crippen molar-refractivity contribution in [1.29, 1.82) is 0 Å². The van der Waals surface area contributed by atoms with E-state index < -0.39 is 0 Å². The largest absolute Gasteiger partial charge is 0.497 e. The third-order valence-electron chi connectivity index (χ3n) is 3.92. The highest BCUT2D eigenvalue weighted by Gasteiger charge is 2.07. The van der Waals surface area contributed by atoms with Crippen molar-refractivity contribution < 1.29 is 14.3 Å². The van der Waals surface area contributed by atoms with Gasteiger partial charge in [-0.1, -0.05) is 23.7 Å². The number of nitrogens with one attached hydrogen (secondary N) is 1. The van der Waals surface area contributed by atoms with Crippen LogP contribution in [0.5, 0.6) is 11.5 Å². The summed E-state index contributed by atoms with van der Waals surface area (Å²) in [7, 11) is 3.14. The molecule has 0 saturated heterocycles. The van der Waals surface area contributed by atoms with Crippen molar-refractivity contribution in [2.75, 3.05) is 14.2 Å². The summed E-state index contributed by atoms with van der Waals surface area (Å²) in [5, 5.41) is 4.65. The first-order valence-electron chi connectivity index (χ1n) is 8.37. The first kappa shape index (κ1) is 19.4. The van der Waals surface area contributed by atoms with E-state index in [2.05, 4.69) is 15.5 Å². The number of nitrogens with zero attached hydrogens (tertiary/aromatic N) is 2. The van der Waals surface area contributed by atoms with Crippen LogP contribution in [-0.4, -0.2) is 31.3 Å². The zero-order valence-electron chi connectivity index (χ0n) is 15.3. The second-order valence-corrected chi connectivity index (χ2v) is 6.22. The first-order chi connectivity index (χ1) is 13.6. The number of hydrogen-bond acceptors (Lipinski definition) is 5. The second kappa shape index (κ2) is 9.01. The molecule has 0 unspecified atom stereocenters. The molecule has 7 heteroatoms. The second-order valence-electron chi connectivity index (χ2n) is 5.78. The molecule has 3 rings (SSSR count). The number of ether oxygens (including phenoxy) is 2. The van der Waals surface area contributed by atoms with Gasteiger partial charge in [0.15, 0.2) is 0 Å². The number of amides is 1. The molecule has 0 fully saturated rings. The van der Waals surface area contributed by atoms with Crippen LogP contribution in [-0.2, 0) is 0 Å².